The summed E-state index contributed by atoms with van der Waals surface area (Å²) >= 11 is 6.92. The average molecular weight is 650 g/mol. The van der Waals surface area contributed by atoms with Crippen LogP contribution in [0.1, 0.15) is 55.2 Å². The lowest BCUT2D eigenvalue weighted by Crippen LogP contribution is -2.58. The molecule has 8 rings (SSSR count). The maximum absolute atomic E-state index is 16.9. The van der Waals surface area contributed by atoms with Crippen molar-refractivity contribution in [3.8, 4) is 17.3 Å². The molecule has 7 heterocycles. The number of rotatable bonds is 4. The fourth-order valence-corrected chi connectivity index (χ4v) is 9.08. The van der Waals surface area contributed by atoms with E-state index in [9.17, 15) is 17.6 Å². The number of halogens is 6. The summed E-state index contributed by atoms with van der Waals surface area (Å²) in [7, 11) is 0. The van der Waals surface area contributed by atoms with Crippen molar-refractivity contribution in [2.24, 2.45) is 0 Å². The Kier molecular flexibility index (Phi) is 6.68. The van der Waals surface area contributed by atoms with Crippen LogP contribution >= 0.6 is 11.6 Å². The van der Waals surface area contributed by atoms with Crippen molar-refractivity contribution >= 4 is 34.1 Å². The fourth-order valence-electron chi connectivity index (χ4n) is 8.72. The number of alkyl halides is 4. The van der Waals surface area contributed by atoms with Gasteiger partial charge in [0.1, 0.15) is 29.9 Å². The average Bonchev–Trinajstić information content (AvgIpc) is 3.59. The van der Waals surface area contributed by atoms with Crippen molar-refractivity contribution in [1.82, 2.24) is 25.2 Å². The highest BCUT2D eigenvalue weighted by Crippen LogP contribution is 2.49. The number of benzene rings is 1. The summed E-state index contributed by atoms with van der Waals surface area (Å²) in [6, 6.07) is 1.42. The van der Waals surface area contributed by atoms with Gasteiger partial charge >= 0.3 is 12.2 Å². The molecule has 0 amide bonds. The molecule has 8 nitrogen and oxygen atoms in total. The minimum absolute atomic E-state index is 0.00852. The molecule has 5 aliphatic rings. The van der Waals surface area contributed by atoms with Crippen LogP contribution in [-0.4, -0.2) is 75.9 Å². The van der Waals surface area contributed by atoms with E-state index in [1.807, 2.05) is 0 Å². The first-order valence-corrected chi connectivity index (χ1v) is 15.9. The molecule has 0 saturated carbocycles. The minimum Gasteiger partial charge on any atom is -0.461 e. The molecule has 1 aromatic carbocycles. The van der Waals surface area contributed by atoms with Crippen LogP contribution < -0.4 is 20.7 Å². The lowest BCUT2D eigenvalue weighted by molar-refractivity contribution is -0.137. The van der Waals surface area contributed by atoms with Gasteiger partial charge in [-0.15, -0.1) is 0 Å². The van der Waals surface area contributed by atoms with Crippen LogP contribution in [0.15, 0.2) is 6.07 Å². The van der Waals surface area contributed by atoms with E-state index in [0.717, 1.165) is 38.3 Å². The summed E-state index contributed by atoms with van der Waals surface area (Å²) < 4.78 is 80.9. The van der Waals surface area contributed by atoms with Gasteiger partial charge in [-0.25, -0.2) is 13.8 Å². The second-order valence-electron chi connectivity index (χ2n) is 13.3. The van der Waals surface area contributed by atoms with Crippen molar-refractivity contribution < 1.29 is 26.7 Å². The summed E-state index contributed by atoms with van der Waals surface area (Å²) in [5, 5.41) is 3.89. The Morgan fingerprint density at radius 1 is 1.18 bits per heavy atom. The number of nitrogens with zero attached hydrogens (tertiary/aromatic N) is 5. The Balaban J connectivity index is 1.34. The lowest BCUT2D eigenvalue weighted by atomic mass is 9.93. The number of nitrogens with one attached hydrogen (secondary N) is 1. The van der Waals surface area contributed by atoms with Gasteiger partial charge in [-0.05, 0) is 69.2 Å². The first-order valence-electron chi connectivity index (χ1n) is 15.5. The van der Waals surface area contributed by atoms with Gasteiger partial charge in [0.2, 0.25) is 0 Å². The highest BCUT2D eigenvalue weighted by molar-refractivity contribution is 6.35. The van der Waals surface area contributed by atoms with Crippen LogP contribution in [0.4, 0.5) is 33.6 Å². The van der Waals surface area contributed by atoms with E-state index >= 15 is 4.39 Å². The Bertz CT molecular complexity index is 1720. The molecule has 5 aliphatic heterocycles. The van der Waals surface area contributed by atoms with Gasteiger partial charge < -0.3 is 20.7 Å². The Hall–Kier alpha value is -3.03. The van der Waals surface area contributed by atoms with Crippen LogP contribution in [-0.2, 0) is 12.6 Å². The van der Waals surface area contributed by atoms with Gasteiger partial charge in [0.25, 0.3) is 0 Å². The largest absolute Gasteiger partial charge is 0.461 e. The molecule has 0 radical (unpaired) electrons. The first kappa shape index (κ1) is 29.4. The predicted octanol–water partition coefficient (Wildman–Crippen LogP) is 5.60. The molecule has 4 fully saturated rings. The SMILES string of the molecule is Cc1cc(N)nc(-c2c(Cl)c3c4c(nc(OC[C@@]56CCCN5CC(F)C6)nc4c2F)N2CC4CCC(N4)C2CC3)c1C(F)(F)F. The Morgan fingerprint density at radius 3 is 2.80 bits per heavy atom. The number of ether oxygens (including phenoxy) is 1. The molecule has 2 bridgehead atoms. The second-order valence-corrected chi connectivity index (χ2v) is 13.7. The van der Waals surface area contributed by atoms with E-state index in [1.54, 1.807) is 0 Å². The smallest absolute Gasteiger partial charge is 0.418 e. The van der Waals surface area contributed by atoms with Crippen molar-refractivity contribution in [2.75, 3.05) is 36.9 Å². The van der Waals surface area contributed by atoms with Gasteiger partial charge in [-0.1, -0.05) is 11.6 Å². The number of fused-ring (bicyclic) bond motifs is 6. The predicted molar refractivity (Wildman–Crippen MR) is 160 cm³/mol. The zero-order chi connectivity index (χ0) is 31.4. The van der Waals surface area contributed by atoms with Crippen molar-refractivity contribution in [3.63, 3.8) is 0 Å². The highest BCUT2D eigenvalue weighted by Gasteiger charge is 2.50. The molecule has 240 valence electrons. The number of hydrogen-bond acceptors (Lipinski definition) is 8. The number of aryl methyl sites for hydroxylation is 2. The van der Waals surface area contributed by atoms with E-state index < -0.39 is 40.5 Å². The monoisotopic (exact) mass is 649 g/mol. The van der Waals surface area contributed by atoms with Crippen LogP contribution in [0.25, 0.3) is 22.2 Å². The van der Waals surface area contributed by atoms with E-state index in [-0.39, 0.29) is 52.7 Å². The molecule has 0 spiro atoms. The summed E-state index contributed by atoms with van der Waals surface area (Å²) in [6.45, 7) is 3.12. The quantitative estimate of drug-likeness (QED) is 0.353. The van der Waals surface area contributed by atoms with Crippen LogP contribution in [0, 0.1) is 12.7 Å². The third-order valence-corrected chi connectivity index (χ3v) is 11.0. The number of aromatic nitrogens is 3. The topological polar surface area (TPSA) is 92.4 Å². The summed E-state index contributed by atoms with van der Waals surface area (Å²) in [6.07, 6.45) is -0.835. The maximum Gasteiger partial charge on any atom is 0.418 e. The van der Waals surface area contributed by atoms with Gasteiger partial charge in [-0.3, -0.25) is 4.90 Å². The zero-order valence-corrected chi connectivity index (χ0v) is 25.4. The fraction of sp³-hybridized carbons (Fsp3) is 0.581. The van der Waals surface area contributed by atoms with Crippen LogP contribution in [0.5, 0.6) is 6.01 Å². The third-order valence-electron chi connectivity index (χ3n) is 10.6. The zero-order valence-electron chi connectivity index (χ0n) is 24.7. The molecule has 14 heteroatoms. The lowest BCUT2D eigenvalue weighted by Gasteiger charge is -2.41. The summed E-state index contributed by atoms with van der Waals surface area (Å²) in [5.41, 5.74) is 3.24. The van der Waals surface area contributed by atoms with Gasteiger partial charge in [-0.2, -0.15) is 23.1 Å². The summed E-state index contributed by atoms with van der Waals surface area (Å²) in [4.78, 5) is 17.6. The molecule has 3 aromatic rings. The second kappa shape index (κ2) is 10.2. The first-order chi connectivity index (χ1) is 21.4. The van der Waals surface area contributed by atoms with Gasteiger partial charge in [0.05, 0.1) is 32.8 Å². The van der Waals surface area contributed by atoms with E-state index in [0.29, 0.717) is 49.1 Å². The van der Waals surface area contributed by atoms with Gasteiger partial charge in [0.15, 0.2) is 5.82 Å². The van der Waals surface area contributed by atoms with E-state index in [2.05, 4.69) is 25.1 Å². The van der Waals surface area contributed by atoms with E-state index in [1.165, 1.54) is 6.92 Å². The number of nitrogens with two attached hydrogens (primary N) is 1. The number of hydrogen-bond donors (Lipinski definition) is 2. The highest BCUT2D eigenvalue weighted by atomic mass is 35.5. The van der Waals surface area contributed by atoms with Crippen LogP contribution in [0.3, 0.4) is 0 Å². The van der Waals surface area contributed by atoms with Gasteiger partial charge in [0, 0.05) is 37.6 Å². The summed E-state index contributed by atoms with van der Waals surface area (Å²) in [5.74, 6) is -0.773. The van der Waals surface area contributed by atoms with Crippen molar-refractivity contribution in [1.29, 1.82) is 0 Å². The minimum atomic E-state index is -4.85. The van der Waals surface area contributed by atoms with Crippen molar-refractivity contribution in [2.45, 2.75) is 87.9 Å². The Labute approximate surface area is 261 Å². The number of anilines is 2. The molecule has 0 aliphatic carbocycles. The van der Waals surface area contributed by atoms with Crippen LogP contribution in [0.2, 0.25) is 5.02 Å². The molecule has 5 atom stereocenters. The molecular formula is C31H33ClF5N7O. The molecule has 3 N–H and O–H groups in total. The molecule has 4 saturated heterocycles. The standard InChI is InChI=1S/C31H33ClF5N7O/c1-14-9-20(38)40-26(23(14)31(35,36)37)22-24(32)17-4-6-19-18-5-3-16(39-18)12-44(19)28-21(17)27(25(22)34)41-29(42-28)45-13-30-7-2-8-43(30)11-15(33)10-30/h9,15-16,18-19,39H,2-8,10-13H2,1H3,(H2,38,40)/t15?,16?,18?,19?,30-/m0/s1. The molecule has 45 heavy (non-hydrogen) atoms. The maximum atomic E-state index is 16.9. The Morgan fingerprint density at radius 2 is 2.00 bits per heavy atom. The van der Waals surface area contributed by atoms with Crippen molar-refractivity contribution in [3.05, 3.63) is 33.6 Å². The number of piperazine rings is 1. The number of pyridine rings is 1. The van der Waals surface area contributed by atoms with E-state index in [4.69, 9.17) is 27.1 Å². The molecule has 4 unspecified atom stereocenters. The molecule has 2 aromatic heterocycles. The third kappa shape index (κ3) is 4.55. The molecular weight excluding hydrogens is 617 g/mol. The number of nitrogen functional groups attached to an aromatic ring is 1. The normalized spacial score (nSPS) is 29.3.